The van der Waals surface area contributed by atoms with E-state index in [2.05, 4.69) is 4.98 Å². The third-order valence-corrected chi connectivity index (χ3v) is 3.07. The van der Waals surface area contributed by atoms with Crippen LogP contribution in [0.25, 0.3) is 11.3 Å². The molecule has 1 aromatic heterocycles. The van der Waals surface area contributed by atoms with E-state index in [1.54, 1.807) is 0 Å². The third kappa shape index (κ3) is 2.71. The van der Waals surface area contributed by atoms with Gasteiger partial charge in [0.2, 0.25) is 0 Å². The van der Waals surface area contributed by atoms with Gasteiger partial charge in [0.15, 0.2) is 5.13 Å². The topological polar surface area (TPSA) is 38.9 Å². The van der Waals surface area contributed by atoms with Gasteiger partial charge in [-0.25, -0.2) is 4.98 Å². The largest absolute Gasteiger partial charge is 1.00 e. The van der Waals surface area contributed by atoms with Crippen LogP contribution in [0.3, 0.4) is 0 Å². The maximum absolute atomic E-state index is 5.93. The zero-order chi connectivity index (χ0) is 10.1. The first-order chi connectivity index (χ1) is 6.66. The predicted molar refractivity (Wildman–Crippen MR) is 61.7 cm³/mol. The van der Waals surface area contributed by atoms with Gasteiger partial charge in [-0.3, -0.25) is 0 Å². The number of nitrogens with two attached hydrogens (primary N) is 1. The first-order valence-electron chi connectivity index (χ1n) is 4.14. The predicted octanol–water partition coefficient (Wildman–Crippen LogP) is 0.358. The number of aryl methyl sites for hydroxylation is 1. The summed E-state index contributed by atoms with van der Waals surface area (Å²) in [5, 5.41) is 3.31. The van der Waals surface area contributed by atoms with E-state index in [1.807, 2.05) is 30.5 Å². The number of thiazole rings is 1. The molecule has 80 valence electrons. The number of nitrogen functional groups attached to an aromatic ring is 1. The molecule has 0 aliphatic heterocycles. The van der Waals surface area contributed by atoms with Crippen molar-refractivity contribution in [3.63, 3.8) is 0 Å². The molecule has 0 saturated carbocycles. The Kier molecular flexibility index (Phi) is 4.13. The molecule has 0 atom stereocenters. The molecule has 0 unspecified atom stereocenters. The molecule has 5 heteroatoms. The summed E-state index contributed by atoms with van der Waals surface area (Å²) in [6.45, 7) is 1.97. The normalized spacial score (nSPS) is 9.73. The van der Waals surface area contributed by atoms with E-state index in [9.17, 15) is 0 Å². The van der Waals surface area contributed by atoms with Crippen LogP contribution < -0.4 is 22.7 Å². The Bertz CT molecular complexity index is 470. The van der Waals surface area contributed by atoms with E-state index in [0.717, 1.165) is 21.8 Å². The van der Waals surface area contributed by atoms with Gasteiger partial charge in [0.1, 0.15) is 0 Å². The fourth-order valence-corrected chi connectivity index (χ4v) is 1.91. The summed E-state index contributed by atoms with van der Waals surface area (Å²) in [4.78, 5) is 4.20. The van der Waals surface area contributed by atoms with E-state index in [0.29, 0.717) is 5.13 Å². The number of rotatable bonds is 1. The van der Waals surface area contributed by atoms with E-state index in [4.69, 9.17) is 17.3 Å². The van der Waals surface area contributed by atoms with Crippen molar-refractivity contribution in [3.05, 3.63) is 34.2 Å². The Morgan fingerprint density at radius 3 is 2.67 bits per heavy atom. The van der Waals surface area contributed by atoms with Gasteiger partial charge < -0.3 is 22.7 Å². The van der Waals surface area contributed by atoms with Crippen molar-refractivity contribution in [2.24, 2.45) is 0 Å². The first-order valence-corrected chi connectivity index (χ1v) is 5.40. The van der Waals surface area contributed by atoms with E-state index < -0.39 is 0 Å². The van der Waals surface area contributed by atoms with Gasteiger partial charge >= 0.3 is 0 Å². The lowest BCUT2D eigenvalue weighted by Gasteiger charge is -2.00. The third-order valence-electron chi connectivity index (χ3n) is 1.98. The minimum absolute atomic E-state index is 0. The number of hydrogen-bond acceptors (Lipinski definition) is 3. The number of benzene rings is 1. The van der Waals surface area contributed by atoms with Crippen molar-refractivity contribution in [2.45, 2.75) is 6.92 Å². The zero-order valence-corrected chi connectivity index (χ0v) is 11.2. The second-order valence-electron chi connectivity index (χ2n) is 3.03. The fraction of sp³-hybridized carbons (Fsp3) is 0.100. The molecule has 2 nitrogen and oxygen atoms in total. The van der Waals surface area contributed by atoms with Crippen molar-refractivity contribution in [1.82, 2.24) is 4.98 Å². The highest BCUT2D eigenvalue weighted by molar-refractivity contribution is 7.13. The molecule has 0 spiro atoms. The molecule has 0 bridgehead atoms. The van der Waals surface area contributed by atoms with Crippen molar-refractivity contribution in [3.8, 4) is 11.3 Å². The average molecular weight is 305 g/mol. The van der Waals surface area contributed by atoms with Gasteiger partial charge in [-0.2, -0.15) is 0 Å². The molecule has 2 aromatic rings. The quantitative estimate of drug-likeness (QED) is 0.826. The minimum Gasteiger partial charge on any atom is -1.00 e. The smallest absolute Gasteiger partial charge is 0.180 e. The summed E-state index contributed by atoms with van der Waals surface area (Å²) in [6.07, 6.45) is 0. The van der Waals surface area contributed by atoms with Crippen LogP contribution in [0.15, 0.2) is 23.6 Å². The summed E-state index contributed by atoms with van der Waals surface area (Å²) in [6, 6.07) is 5.84. The van der Waals surface area contributed by atoms with Crippen LogP contribution in [-0.4, -0.2) is 4.98 Å². The van der Waals surface area contributed by atoms with E-state index in [1.165, 1.54) is 11.3 Å². The van der Waals surface area contributed by atoms with Crippen LogP contribution in [0.5, 0.6) is 0 Å². The summed E-state index contributed by atoms with van der Waals surface area (Å²) in [7, 11) is 0. The van der Waals surface area contributed by atoms with Gasteiger partial charge in [0.05, 0.1) is 5.69 Å². The molecule has 0 saturated heterocycles. The second kappa shape index (κ2) is 4.96. The lowest BCUT2D eigenvalue weighted by Crippen LogP contribution is -3.00. The SMILES string of the molecule is Cc1cc(-c2csc(N)n2)ccc1Cl.[Br-]. The molecular formula is C10H9BrClN2S-. The molecule has 0 aliphatic carbocycles. The maximum Gasteiger partial charge on any atom is 0.180 e. The van der Waals surface area contributed by atoms with Crippen molar-refractivity contribution >= 4 is 28.1 Å². The van der Waals surface area contributed by atoms with Crippen LogP contribution in [-0.2, 0) is 0 Å². The summed E-state index contributed by atoms with van der Waals surface area (Å²) in [5.74, 6) is 0. The highest BCUT2D eigenvalue weighted by Gasteiger charge is 2.03. The molecule has 1 heterocycles. The van der Waals surface area contributed by atoms with Crippen LogP contribution in [0.4, 0.5) is 5.13 Å². The first kappa shape index (κ1) is 12.5. The maximum atomic E-state index is 5.93. The van der Waals surface area contributed by atoms with Gasteiger partial charge in [0.25, 0.3) is 0 Å². The average Bonchev–Trinajstić information content (AvgIpc) is 2.57. The molecule has 0 radical (unpaired) electrons. The monoisotopic (exact) mass is 303 g/mol. The van der Waals surface area contributed by atoms with Crippen molar-refractivity contribution in [1.29, 1.82) is 0 Å². The molecule has 0 fully saturated rings. The fourth-order valence-electron chi connectivity index (χ4n) is 1.22. The Labute approximate surface area is 108 Å². The Balaban J connectivity index is 0.00000112. The lowest BCUT2D eigenvalue weighted by atomic mass is 10.1. The van der Waals surface area contributed by atoms with Gasteiger partial charge in [-0.05, 0) is 24.6 Å². The Morgan fingerprint density at radius 2 is 2.13 bits per heavy atom. The van der Waals surface area contributed by atoms with Crippen molar-refractivity contribution < 1.29 is 17.0 Å². The van der Waals surface area contributed by atoms with E-state index >= 15 is 0 Å². The Morgan fingerprint density at radius 1 is 1.40 bits per heavy atom. The summed E-state index contributed by atoms with van der Waals surface area (Å²) >= 11 is 7.37. The Hall–Kier alpha value is -0.580. The van der Waals surface area contributed by atoms with Crippen LogP contribution in [0.1, 0.15) is 5.56 Å². The lowest BCUT2D eigenvalue weighted by molar-refractivity contribution is -0.00000281. The van der Waals surface area contributed by atoms with Crippen LogP contribution in [0.2, 0.25) is 5.02 Å². The summed E-state index contributed by atoms with van der Waals surface area (Å²) < 4.78 is 0. The van der Waals surface area contributed by atoms with Crippen LogP contribution >= 0.6 is 22.9 Å². The summed E-state index contributed by atoms with van der Waals surface area (Å²) in [5.41, 5.74) is 8.58. The van der Waals surface area contributed by atoms with Gasteiger partial charge in [-0.15, -0.1) is 11.3 Å². The van der Waals surface area contributed by atoms with Gasteiger partial charge in [-0.1, -0.05) is 17.7 Å². The molecule has 0 amide bonds. The molecule has 15 heavy (non-hydrogen) atoms. The number of hydrogen-bond donors (Lipinski definition) is 1. The molecular weight excluding hydrogens is 296 g/mol. The number of nitrogens with zero attached hydrogens (tertiary/aromatic N) is 1. The van der Waals surface area contributed by atoms with Crippen LogP contribution in [0, 0.1) is 6.92 Å². The highest BCUT2D eigenvalue weighted by atomic mass is 79.9. The number of anilines is 1. The molecule has 2 N–H and O–H groups in total. The van der Waals surface area contributed by atoms with Crippen molar-refractivity contribution in [2.75, 3.05) is 5.73 Å². The number of aromatic nitrogens is 1. The molecule has 1 aromatic carbocycles. The van der Waals surface area contributed by atoms with Gasteiger partial charge in [0, 0.05) is 16.0 Å². The zero-order valence-electron chi connectivity index (χ0n) is 8.00. The highest BCUT2D eigenvalue weighted by Crippen LogP contribution is 2.26. The molecule has 0 aliphatic rings. The second-order valence-corrected chi connectivity index (χ2v) is 4.33. The number of halogens is 2. The minimum atomic E-state index is 0. The molecule has 2 rings (SSSR count). The van der Waals surface area contributed by atoms with E-state index in [-0.39, 0.29) is 17.0 Å². The standard InChI is InChI=1S/C10H9ClN2S.BrH/c1-6-4-7(2-3-8(6)11)9-5-14-10(12)13-9;/h2-5H,1H3,(H2,12,13);1H/p-1.